The number of β-amino-alcohol motifs (C(OH)–C–C–N with tert-alkyl or cyclic N) is 1. The smallest absolute Gasteiger partial charge is 0.391 e. The number of rotatable bonds is 9. The molecule has 1 amide bonds. The van der Waals surface area contributed by atoms with E-state index < -0.39 is 17.8 Å². The molecule has 0 radical (unpaired) electrons. The molecule has 3 aromatic carbocycles. The van der Waals surface area contributed by atoms with Crippen molar-refractivity contribution in [3.8, 4) is 0 Å². The first-order chi connectivity index (χ1) is 18.1. The number of carbonyl (C=O) groups is 1. The molecule has 1 saturated heterocycles. The van der Waals surface area contributed by atoms with Crippen LogP contribution in [0.5, 0.6) is 0 Å². The van der Waals surface area contributed by atoms with Crippen LogP contribution in [0.25, 0.3) is 0 Å². The van der Waals surface area contributed by atoms with E-state index in [9.17, 15) is 23.1 Å². The highest BCUT2D eigenvalue weighted by molar-refractivity contribution is 5.94. The summed E-state index contributed by atoms with van der Waals surface area (Å²) >= 11 is 0. The monoisotopic (exact) mass is 524 g/mol. The van der Waals surface area contributed by atoms with Crippen LogP contribution in [0.15, 0.2) is 84.9 Å². The van der Waals surface area contributed by atoms with Crippen LogP contribution in [0.4, 0.5) is 13.2 Å². The van der Waals surface area contributed by atoms with Gasteiger partial charge in [-0.3, -0.25) is 9.69 Å². The van der Waals surface area contributed by atoms with E-state index in [-0.39, 0.29) is 23.8 Å². The van der Waals surface area contributed by atoms with Gasteiger partial charge in [-0.05, 0) is 55.5 Å². The van der Waals surface area contributed by atoms with Gasteiger partial charge in [-0.2, -0.15) is 13.2 Å². The normalized spacial score (nSPS) is 19.0. The molecule has 202 valence electrons. The Morgan fingerprint density at radius 3 is 2.26 bits per heavy atom. The molecule has 0 saturated carbocycles. The van der Waals surface area contributed by atoms with Crippen molar-refractivity contribution in [3.05, 3.63) is 107 Å². The van der Waals surface area contributed by atoms with Crippen LogP contribution in [0.3, 0.4) is 0 Å². The third kappa shape index (κ3) is 7.03. The van der Waals surface area contributed by atoms with Crippen LogP contribution < -0.4 is 0 Å². The van der Waals surface area contributed by atoms with E-state index in [2.05, 4.69) is 4.90 Å². The Balaban J connectivity index is 1.57. The standard InChI is InChI=1S/C31H35F3N2O2/c1-22(2)36(30(38)24-12-7-4-8-13-24)19-26-18-35(20-28(37)16-23-10-5-3-6-11-23)21-29(26)25-14-9-15-27(17-25)31(32,33)34/h3-15,17,22,26,28-29,37H,16,18-21H2,1-2H3/t26-,28-,29-/m0/s1. The summed E-state index contributed by atoms with van der Waals surface area (Å²) in [6.07, 6.45) is -4.53. The lowest BCUT2D eigenvalue weighted by Gasteiger charge is -2.32. The molecule has 0 aliphatic carbocycles. The zero-order valence-electron chi connectivity index (χ0n) is 21.8. The molecule has 4 rings (SSSR count). The second kappa shape index (κ2) is 12.1. The van der Waals surface area contributed by atoms with Crippen molar-refractivity contribution in [2.24, 2.45) is 5.92 Å². The average molecular weight is 525 g/mol. The maximum Gasteiger partial charge on any atom is 0.416 e. The van der Waals surface area contributed by atoms with Crippen molar-refractivity contribution >= 4 is 5.91 Å². The van der Waals surface area contributed by atoms with Crippen LogP contribution in [0, 0.1) is 5.92 Å². The van der Waals surface area contributed by atoms with E-state index >= 15 is 0 Å². The molecule has 3 aromatic rings. The molecule has 0 bridgehead atoms. The molecule has 1 aliphatic rings. The first kappa shape index (κ1) is 27.9. The van der Waals surface area contributed by atoms with Crippen molar-refractivity contribution in [1.82, 2.24) is 9.80 Å². The Morgan fingerprint density at radius 1 is 0.974 bits per heavy atom. The second-order valence-corrected chi connectivity index (χ2v) is 10.5. The fraction of sp³-hybridized carbons (Fsp3) is 0.387. The average Bonchev–Trinajstić information content (AvgIpc) is 3.29. The number of aliphatic hydroxyl groups excluding tert-OH is 1. The molecule has 1 heterocycles. The third-order valence-corrected chi connectivity index (χ3v) is 7.28. The lowest BCUT2D eigenvalue weighted by atomic mass is 9.87. The van der Waals surface area contributed by atoms with E-state index in [0.717, 1.165) is 11.6 Å². The summed E-state index contributed by atoms with van der Waals surface area (Å²) < 4.78 is 40.6. The number of aliphatic hydroxyl groups is 1. The molecule has 1 fully saturated rings. The zero-order chi connectivity index (χ0) is 27.3. The van der Waals surface area contributed by atoms with Crippen molar-refractivity contribution in [3.63, 3.8) is 0 Å². The zero-order valence-corrected chi connectivity index (χ0v) is 21.8. The summed E-state index contributed by atoms with van der Waals surface area (Å²) in [4.78, 5) is 17.3. The number of alkyl halides is 3. The number of halogens is 3. The Hall–Kier alpha value is -3.16. The molecule has 7 heteroatoms. The number of amides is 1. The Bertz CT molecular complexity index is 1180. The summed E-state index contributed by atoms with van der Waals surface area (Å²) in [5.41, 5.74) is 1.56. The lowest BCUT2D eigenvalue weighted by molar-refractivity contribution is -0.137. The highest BCUT2D eigenvalue weighted by Gasteiger charge is 2.38. The van der Waals surface area contributed by atoms with Gasteiger partial charge in [-0.15, -0.1) is 0 Å². The van der Waals surface area contributed by atoms with Crippen LogP contribution in [-0.4, -0.2) is 59.1 Å². The Kier molecular flexibility index (Phi) is 8.90. The van der Waals surface area contributed by atoms with Crippen LogP contribution >= 0.6 is 0 Å². The summed E-state index contributed by atoms with van der Waals surface area (Å²) in [7, 11) is 0. The molecule has 3 atom stereocenters. The van der Waals surface area contributed by atoms with E-state index in [0.29, 0.717) is 43.7 Å². The van der Waals surface area contributed by atoms with Gasteiger partial charge in [-0.25, -0.2) is 0 Å². The first-order valence-corrected chi connectivity index (χ1v) is 13.1. The molecule has 0 aromatic heterocycles. The van der Waals surface area contributed by atoms with Crippen LogP contribution in [-0.2, 0) is 12.6 Å². The van der Waals surface area contributed by atoms with Gasteiger partial charge in [0.1, 0.15) is 0 Å². The molecule has 0 unspecified atom stereocenters. The highest BCUT2D eigenvalue weighted by atomic mass is 19.4. The maximum atomic E-state index is 13.5. The van der Waals surface area contributed by atoms with Gasteiger partial charge in [0.25, 0.3) is 5.91 Å². The fourth-order valence-electron chi connectivity index (χ4n) is 5.39. The number of nitrogens with zero attached hydrogens (tertiary/aromatic N) is 2. The fourth-order valence-corrected chi connectivity index (χ4v) is 5.39. The molecule has 0 spiro atoms. The van der Waals surface area contributed by atoms with Gasteiger partial charge in [0.15, 0.2) is 0 Å². The predicted molar refractivity (Wildman–Crippen MR) is 143 cm³/mol. The Labute approximate surface area is 222 Å². The SMILES string of the molecule is CC(C)N(C[C@@H]1CN(C[C@@H](O)Cc2ccccc2)C[C@H]1c1cccc(C(F)(F)F)c1)C(=O)c1ccccc1. The van der Waals surface area contributed by atoms with E-state index in [1.165, 1.54) is 12.1 Å². The summed E-state index contributed by atoms with van der Waals surface area (Å²) in [5, 5.41) is 10.8. The van der Waals surface area contributed by atoms with Crippen LogP contribution in [0.2, 0.25) is 0 Å². The largest absolute Gasteiger partial charge is 0.416 e. The number of likely N-dealkylation sites (tertiary alicyclic amines) is 1. The number of hydrogen-bond acceptors (Lipinski definition) is 3. The van der Waals surface area contributed by atoms with Crippen molar-refractivity contribution in [2.75, 3.05) is 26.2 Å². The minimum absolute atomic E-state index is 0.0809. The van der Waals surface area contributed by atoms with E-state index in [1.54, 1.807) is 18.2 Å². The van der Waals surface area contributed by atoms with E-state index in [4.69, 9.17) is 0 Å². The van der Waals surface area contributed by atoms with Gasteiger partial charge < -0.3 is 10.0 Å². The first-order valence-electron chi connectivity index (χ1n) is 13.1. The third-order valence-electron chi connectivity index (χ3n) is 7.28. The molecule has 38 heavy (non-hydrogen) atoms. The molecule has 1 N–H and O–H groups in total. The topological polar surface area (TPSA) is 43.8 Å². The van der Waals surface area contributed by atoms with Crippen molar-refractivity contribution in [2.45, 2.75) is 44.5 Å². The number of carbonyl (C=O) groups excluding carboxylic acids is 1. The van der Waals surface area contributed by atoms with Gasteiger partial charge in [0.2, 0.25) is 0 Å². The summed E-state index contributed by atoms with van der Waals surface area (Å²) in [5.74, 6) is -0.380. The van der Waals surface area contributed by atoms with Crippen LogP contribution in [0.1, 0.15) is 46.8 Å². The minimum Gasteiger partial charge on any atom is -0.391 e. The predicted octanol–water partition coefficient (Wildman–Crippen LogP) is 5.88. The Morgan fingerprint density at radius 2 is 1.63 bits per heavy atom. The second-order valence-electron chi connectivity index (χ2n) is 10.5. The van der Waals surface area contributed by atoms with Gasteiger partial charge in [0.05, 0.1) is 11.7 Å². The molecule has 4 nitrogen and oxygen atoms in total. The molecular formula is C31H35F3N2O2. The highest BCUT2D eigenvalue weighted by Crippen LogP contribution is 2.37. The number of benzene rings is 3. The summed E-state index contributed by atoms with van der Waals surface area (Å²) in [6, 6.07) is 24.2. The molecular weight excluding hydrogens is 489 g/mol. The van der Waals surface area contributed by atoms with Gasteiger partial charge in [0, 0.05) is 43.7 Å². The summed E-state index contributed by atoms with van der Waals surface area (Å²) in [6.45, 7) is 5.83. The van der Waals surface area contributed by atoms with Gasteiger partial charge in [-0.1, -0.05) is 66.7 Å². The minimum atomic E-state index is -4.43. The lowest BCUT2D eigenvalue weighted by Crippen LogP contribution is -2.42. The maximum absolute atomic E-state index is 13.5. The van der Waals surface area contributed by atoms with E-state index in [1.807, 2.05) is 67.3 Å². The number of hydrogen-bond donors (Lipinski definition) is 1. The molecule has 1 aliphatic heterocycles. The van der Waals surface area contributed by atoms with Crippen molar-refractivity contribution < 1.29 is 23.1 Å². The van der Waals surface area contributed by atoms with Gasteiger partial charge >= 0.3 is 6.18 Å². The van der Waals surface area contributed by atoms with Crippen molar-refractivity contribution in [1.29, 1.82) is 0 Å². The quantitative estimate of drug-likeness (QED) is 0.381.